The number of nitrogens with zero attached hydrogens (tertiary/aromatic N) is 5. The molecule has 3 heterocycles. The molecule has 0 aliphatic carbocycles. The highest BCUT2D eigenvalue weighted by Crippen LogP contribution is 2.28. The molecule has 1 unspecified atom stereocenters. The van der Waals surface area contributed by atoms with E-state index in [9.17, 15) is 4.79 Å². The zero-order valence-electron chi connectivity index (χ0n) is 13.8. The lowest BCUT2D eigenvalue weighted by atomic mass is 10.1. The van der Waals surface area contributed by atoms with E-state index in [1.54, 1.807) is 31.0 Å². The predicted octanol–water partition coefficient (Wildman–Crippen LogP) is 1.07. The monoisotopic (exact) mass is 322 g/mol. The van der Waals surface area contributed by atoms with Crippen LogP contribution in [0.5, 0.6) is 0 Å². The van der Waals surface area contributed by atoms with Crippen molar-refractivity contribution >= 4 is 11.9 Å². The van der Waals surface area contributed by atoms with E-state index in [0.717, 1.165) is 22.5 Å². The van der Waals surface area contributed by atoms with E-state index < -0.39 is 0 Å². The zero-order valence-corrected chi connectivity index (χ0v) is 13.8. The summed E-state index contributed by atoms with van der Waals surface area (Å²) in [5.41, 5.74) is 9.12. The van der Waals surface area contributed by atoms with Crippen LogP contribution in [-0.4, -0.2) is 38.6 Å². The average Bonchev–Trinajstić information content (AvgIpc) is 2.95. The fraction of sp³-hybridized carbons (Fsp3) is 0.294. The molecule has 0 aromatic carbocycles. The summed E-state index contributed by atoms with van der Waals surface area (Å²) in [4.78, 5) is 22.0. The van der Waals surface area contributed by atoms with Crippen LogP contribution in [0.25, 0.3) is 11.3 Å². The highest BCUT2D eigenvalue weighted by Gasteiger charge is 2.28. The molecule has 0 saturated heterocycles. The molecule has 24 heavy (non-hydrogen) atoms. The lowest BCUT2D eigenvalue weighted by Crippen LogP contribution is -2.43. The number of aliphatic imine (C=N–C) groups is 1. The van der Waals surface area contributed by atoms with Crippen molar-refractivity contribution in [3.63, 3.8) is 0 Å². The summed E-state index contributed by atoms with van der Waals surface area (Å²) in [5, 5.41) is 4.52. The van der Waals surface area contributed by atoms with Gasteiger partial charge in [-0.3, -0.25) is 19.4 Å². The maximum absolute atomic E-state index is 12.0. The summed E-state index contributed by atoms with van der Waals surface area (Å²) >= 11 is 0. The molecule has 2 aromatic heterocycles. The molecular weight excluding hydrogens is 304 g/mol. The maximum Gasteiger partial charge on any atom is 0.231 e. The second kappa shape index (κ2) is 6.16. The molecule has 2 aromatic rings. The van der Waals surface area contributed by atoms with Gasteiger partial charge in [-0.25, -0.2) is 4.99 Å². The van der Waals surface area contributed by atoms with Crippen molar-refractivity contribution < 1.29 is 4.79 Å². The van der Waals surface area contributed by atoms with Gasteiger partial charge in [-0.05, 0) is 19.1 Å². The smallest absolute Gasteiger partial charge is 0.231 e. The highest BCUT2D eigenvalue weighted by molar-refractivity contribution is 5.98. The van der Waals surface area contributed by atoms with Crippen molar-refractivity contribution in [1.82, 2.24) is 19.7 Å². The van der Waals surface area contributed by atoms with Gasteiger partial charge in [0.05, 0.1) is 17.8 Å². The molecule has 0 spiro atoms. The van der Waals surface area contributed by atoms with Crippen LogP contribution in [0.3, 0.4) is 0 Å². The number of rotatable bonds is 2. The highest BCUT2D eigenvalue weighted by atomic mass is 16.2. The Kier molecular flexibility index (Phi) is 4.04. The van der Waals surface area contributed by atoms with Crippen LogP contribution in [0.2, 0.25) is 0 Å². The van der Waals surface area contributed by atoms with E-state index in [-0.39, 0.29) is 24.3 Å². The molecule has 2 N–H and O–H groups in total. The summed E-state index contributed by atoms with van der Waals surface area (Å²) in [6.07, 6.45) is 3.73. The van der Waals surface area contributed by atoms with Gasteiger partial charge in [0, 0.05) is 37.6 Å². The Morgan fingerprint density at radius 2 is 2.08 bits per heavy atom. The third-order valence-corrected chi connectivity index (χ3v) is 3.93. The molecule has 0 radical (unpaired) electrons. The second-order valence-electron chi connectivity index (χ2n) is 5.58. The first-order valence-electron chi connectivity index (χ1n) is 7.51. The van der Waals surface area contributed by atoms with Gasteiger partial charge >= 0.3 is 0 Å². The number of hydrogen-bond donors (Lipinski definition) is 1. The molecule has 7 heteroatoms. The third kappa shape index (κ3) is 2.86. The predicted molar refractivity (Wildman–Crippen MR) is 90.7 cm³/mol. The number of nitrogens with two attached hydrogens (primary N) is 1. The molecule has 0 bridgehead atoms. The average molecular weight is 322 g/mol. The SMILES string of the molecule is CC#Cc1cncc(-c2cc(C3CC(=O)N(C)C(N)=N3)n(C)n2)c1. The molecule has 122 valence electrons. The van der Waals surface area contributed by atoms with Gasteiger partial charge in [0.1, 0.15) is 6.04 Å². The van der Waals surface area contributed by atoms with Crippen molar-refractivity contribution in [1.29, 1.82) is 0 Å². The standard InChI is InChI=1S/C17H18N6O/c1-4-5-11-6-12(10-19-9-11)13-7-15(23(3)21-13)14-8-16(24)22(2)17(18)20-14/h6-7,9-10,14H,8H2,1-3H3,(H2,18,20). The van der Waals surface area contributed by atoms with E-state index in [1.807, 2.05) is 19.2 Å². The number of pyridine rings is 1. The first-order chi connectivity index (χ1) is 11.5. The van der Waals surface area contributed by atoms with Crippen molar-refractivity contribution in [3.05, 3.63) is 35.8 Å². The van der Waals surface area contributed by atoms with Gasteiger partial charge in [0.15, 0.2) is 5.96 Å². The van der Waals surface area contributed by atoms with Crippen molar-refractivity contribution in [3.8, 4) is 23.1 Å². The minimum absolute atomic E-state index is 0.0582. The lowest BCUT2D eigenvalue weighted by molar-refractivity contribution is -0.127. The van der Waals surface area contributed by atoms with Crippen LogP contribution >= 0.6 is 0 Å². The Labute approximate surface area is 140 Å². The van der Waals surface area contributed by atoms with Crippen LogP contribution in [0, 0.1) is 11.8 Å². The fourth-order valence-electron chi connectivity index (χ4n) is 2.62. The van der Waals surface area contributed by atoms with E-state index in [0.29, 0.717) is 0 Å². The number of amides is 1. The Bertz CT molecular complexity index is 886. The van der Waals surface area contributed by atoms with Gasteiger partial charge in [-0.2, -0.15) is 5.10 Å². The molecule has 1 atom stereocenters. The van der Waals surface area contributed by atoms with Crippen LogP contribution in [0.4, 0.5) is 0 Å². The second-order valence-corrected chi connectivity index (χ2v) is 5.58. The van der Waals surface area contributed by atoms with Crippen LogP contribution in [0.15, 0.2) is 29.5 Å². The molecule has 1 amide bonds. The Balaban J connectivity index is 1.98. The minimum Gasteiger partial charge on any atom is -0.369 e. The Morgan fingerprint density at radius 1 is 1.29 bits per heavy atom. The first kappa shape index (κ1) is 15.7. The van der Waals surface area contributed by atoms with Crippen molar-refractivity contribution in [2.75, 3.05) is 7.05 Å². The van der Waals surface area contributed by atoms with E-state index in [2.05, 4.69) is 26.9 Å². The number of guanidine groups is 1. The van der Waals surface area contributed by atoms with Crippen molar-refractivity contribution in [2.45, 2.75) is 19.4 Å². The quantitative estimate of drug-likeness (QED) is 0.838. The largest absolute Gasteiger partial charge is 0.369 e. The summed E-state index contributed by atoms with van der Waals surface area (Å²) in [7, 11) is 3.45. The molecular formula is C17H18N6O. The molecule has 1 aliphatic rings. The summed E-state index contributed by atoms with van der Waals surface area (Å²) in [6, 6.07) is 3.53. The van der Waals surface area contributed by atoms with Crippen LogP contribution in [-0.2, 0) is 11.8 Å². The number of carbonyl (C=O) groups excluding carboxylic acids is 1. The van der Waals surface area contributed by atoms with Crippen LogP contribution < -0.4 is 5.73 Å². The molecule has 3 rings (SSSR count). The number of aryl methyl sites for hydroxylation is 1. The van der Waals surface area contributed by atoms with E-state index >= 15 is 0 Å². The molecule has 7 nitrogen and oxygen atoms in total. The summed E-state index contributed by atoms with van der Waals surface area (Å²) in [6.45, 7) is 1.78. The summed E-state index contributed by atoms with van der Waals surface area (Å²) < 4.78 is 1.73. The van der Waals surface area contributed by atoms with E-state index in [4.69, 9.17) is 5.73 Å². The third-order valence-electron chi connectivity index (χ3n) is 3.93. The number of aromatic nitrogens is 3. The number of carbonyl (C=O) groups is 1. The summed E-state index contributed by atoms with van der Waals surface area (Å²) in [5.74, 6) is 6.00. The molecule has 0 fully saturated rings. The topological polar surface area (TPSA) is 89.4 Å². The molecule has 1 aliphatic heterocycles. The van der Waals surface area contributed by atoms with Gasteiger partial charge < -0.3 is 5.73 Å². The number of hydrogen-bond acceptors (Lipinski definition) is 5. The zero-order chi connectivity index (χ0) is 17.3. The van der Waals surface area contributed by atoms with Gasteiger partial charge in [-0.15, -0.1) is 5.92 Å². The minimum atomic E-state index is -0.327. The Morgan fingerprint density at radius 3 is 2.79 bits per heavy atom. The first-order valence-corrected chi connectivity index (χ1v) is 7.51. The molecule has 0 saturated carbocycles. The fourth-order valence-corrected chi connectivity index (χ4v) is 2.62. The van der Waals surface area contributed by atoms with Gasteiger partial charge in [0.25, 0.3) is 0 Å². The van der Waals surface area contributed by atoms with E-state index in [1.165, 1.54) is 4.90 Å². The maximum atomic E-state index is 12.0. The van der Waals surface area contributed by atoms with Crippen LogP contribution in [0.1, 0.15) is 30.6 Å². The van der Waals surface area contributed by atoms with Gasteiger partial charge in [-0.1, -0.05) is 5.92 Å². The van der Waals surface area contributed by atoms with Gasteiger partial charge in [0.2, 0.25) is 5.91 Å². The Hall–Kier alpha value is -3.14. The van der Waals surface area contributed by atoms with Crippen molar-refractivity contribution in [2.24, 2.45) is 17.8 Å². The normalized spacial score (nSPS) is 17.3. The lowest BCUT2D eigenvalue weighted by Gasteiger charge is -2.25.